The Morgan fingerprint density at radius 3 is 1.23 bits per heavy atom. The van der Waals surface area contributed by atoms with E-state index in [-0.39, 0.29) is 36.2 Å². The third kappa shape index (κ3) is 8.47. The molecule has 0 aliphatic carbocycles. The number of hydrogen-bond donors (Lipinski definition) is 10. The van der Waals surface area contributed by atoms with Crippen LogP contribution in [0.2, 0.25) is 0 Å². The van der Waals surface area contributed by atoms with E-state index in [9.17, 15) is 51.1 Å². The van der Waals surface area contributed by atoms with Gasteiger partial charge in [-0.2, -0.15) is 0 Å². The Bertz CT molecular complexity index is 1200. The van der Waals surface area contributed by atoms with Gasteiger partial charge in [0, 0.05) is 13.2 Å². The van der Waals surface area contributed by atoms with Crippen molar-refractivity contribution in [2.75, 3.05) is 40.6 Å². The van der Waals surface area contributed by atoms with Gasteiger partial charge in [-0.3, -0.25) is 0 Å². The van der Waals surface area contributed by atoms with Crippen LogP contribution in [-0.4, -0.2) is 153 Å². The summed E-state index contributed by atoms with van der Waals surface area (Å²) in [6, 6.07) is 9.82. The molecule has 0 spiro atoms. The van der Waals surface area contributed by atoms with Crippen molar-refractivity contribution in [1.82, 2.24) is 0 Å². The van der Waals surface area contributed by atoms with Crippen LogP contribution in [-0.2, 0) is 22.3 Å². The van der Waals surface area contributed by atoms with Crippen LogP contribution in [0.4, 0.5) is 0 Å². The van der Waals surface area contributed by atoms with Crippen molar-refractivity contribution in [3.05, 3.63) is 47.5 Å². The first kappa shape index (κ1) is 38.0. The topological polar surface area (TPSA) is 258 Å². The average molecular weight is 687 g/mol. The summed E-state index contributed by atoms with van der Waals surface area (Å²) in [4.78, 5) is 0. The number of hydrogen-bond acceptors (Lipinski definition) is 16. The van der Waals surface area contributed by atoms with Crippen LogP contribution >= 0.6 is 0 Å². The third-order valence-corrected chi connectivity index (χ3v) is 8.77. The van der Waals surface area contributed by atoms with Crippen LogP contribution in [0.25, 0.3) is 0 Å². The highest BCUT2D eigenvalue weighted by molar-refractivity contribution is 5.44. The summed E-state index contributed by atoms with van der Waals surface area (Å²) in [5, 5.41) is 100. The van der Waals surface area contributed by atoms with Crippen LogP contribution in [0.1, 0.15) is 11.1 Å². The fourth-order valence-electron chi connectivity index (χ4n) is 5.82. The van der Waals surface area contributed by atoms with E-state index in [4.69, 9.17) is 28.4 Å². The summed E-state index contributed by atoms with van der Waals surface area (Å²) in [7, 11) is 2.80. The number of aliphatic hydroxyl groups excluding tert-OH is 10. The zero-order valence-electron chi connectivity index (χ0n) is 26.6. The second kappa shape index (κ2) is 17.2. The maximum Gasteiger partial charge on any atom is 0.229 e. The Morgan fingerprint density at radius 2 is 0.917 bits per heavy atom. The Morgan fingerprint density at radius 1 is 0.542 bits per heavy atom. The Kier molecular flexibility index (Phi) is 13.6. The number of rotatable bonds is 15. The smallest absolute Gasteiger partial charge is 0.229 e. The molecular formula is C32H46O16. The minimum absolute atomic E-state index is 0.156. The number of methoxy groups -OCH3 is 2. The third-order valence-electron chi connectivity index (χ3n) is 8.77. The summed E-state index contributed by atoms with van der Waals surface area (Å²) in [5.41, 5.74) is 1.46. The van der Waals surface area contributed by atoms with Crippen molar-refractivity contribution >= 4 is 0 Å². The van der Waals surface area contributed by atoms with E-state index < -0.39 is 86.5 Å². The molecule has 2 fully saturated rings. The number of benzene rings is 2. The van der Waals surface area contributed by atoms with Crippen LogP contribution in [0.5, 0.6) is 23.0 Å². The second-order valence-corrected chi connectivity index (χ2v) is 11.9. The lowest BCUT2D eigenvalue weighted by Crippen LogP contribution is -2.60. The molecule has 12 atom stereocenters. The molecular weight excluding hydrogens is 640 g/mol. The molecule has 2 aromatic rings. The lowest BCUT2D eigenvalue weighted by atomic mass is 9.83. The van der Waals surface area contributed by atoms with Gasteiger partial charge in [-0.25, -0.2) is 0 Å². The predicted molar refractivity (Wildman–Crippen MR) is 163 cm³/mol. The Balaban J connectivity index is 1.44. The highest BCUT2D eigenvalue weighted by Crippen LogP contribution is 2.35. The van der Waals surface area contributed by atoms with Crippen molar-refractivity contribution in [1.29, 1.82) is 0 Å². The number of aliphatic hydroxyl groups is 10. The van der Waals surface area contributed by atoms with Gasteiger partial charge >= 0.3 is 0 Å². The summed E-state index contributed by atoms with van der Waals surface area (Å²) in [6.45, 7) is -1.73. The quantitative estimate of drug-likeness (QED) is 0.0899. The van der Waals surface area contributed by atoms with Gasteiger partial charge < -0.3 is 79.5 Å². The van der Waals surface area contributed by atoms with Crippen molar-refractivity contribution in [2.24, 2.45) is 11.8 Å². The summed E-state index contributed by atoms with van der Waals surface area (Å²) >= 11 is 0. The van der Waals surface area contributed by atoms with Gasteiger partial charge in [0.25, 0.3) is 0 Å². The molecule has 16 nitrogen and oxygen atoms in total. The van der Waals surface area contributed by atoms with Crippen LogP contribution in [0, 0.1) is 11.8 Å². The minimum atomic E-state index is -1.61. The molecule has 2 aromatic carbocycles. The minimum Gasteiger partial charge on any atom is -0.493 e. The molecule has 2 unspecified atom stereocenters. The molecule has 4 rings (SSSR count). The normalized spacial score (nSPS) is 31.9. The monoisotopic (exact) mass is 686 g/mol. The maximum absolute atomic E-state index is 10.3. The van der Waals surface area contributed by atoms with Crippen molar-refractivity contribution in [3.8, 4) is 23.0 Å². The van der Waals surface area contributed by atoms with Gasteiger partial charge in [0.15, 0.2) is 23.0 Å². The lowest BCUT2D eigenvalue weighted by Gasteiger charge is -2.39. The van der Waals surface area contributed by atoms with E-state index in [1.165, 1.54) is 14.2 Å². The fourth-order valence-corrected chi connectivity index (χ4v) is 5.82. The predicted octanol–water partition coefficient (Wildman–Crippen LogP) is -2.94. The molecule has 2 aliphatic heterocycles. The first-order valence-corrected chi connectivity index (χ1v) is 15.5. The SMILES string of the molecule is COc1cc(C[C@@H](CO)[C@H](CO)Cc2ccc(OC3O[C@H](CO)[C@@H](O)[C@H](O)[C@H]3O)c(OC)c2)ccc1OC1O[C@H](CO)[C@@H](O)[C@H](O)[C@H]1O. The van der Waals surface area contributed by atoms with Crippen LogP contribution in [0.3, 0.4) is 0 Å². The van der Waals surface area contributed by atoms with E-state index in [0.29, 0.717) is 12.8 Å². The summed E-state index contributed by atoms with van der Waals surface area (Å²) in [6.07, 6.45) is -14.0. The molecule has 0 bridgehead atoms. The first-order chi connectivity index (χ1) is 23.0. The van der Waals surface area contributed by atoms with Crippen molar-refractivity contribution < 1.29 is 79.5 Å². The fraction of sp³-hybridized carbons (Fsp3) is 0.625. The largest absolute Gasteiger partial charge is 0.493 e. The summed E-state index contributed by atoms with van der Waals surface area (Å²) < 4.78 is 33.2. The maximum atomic E-state index is 10.3. The van der Waals surface area contributed by atoms with E-state index in [1.54, 1.807) is 36.4 Å². The lowest BCUT2D eigenvalue weighted by molar-refractivity contribution is -0.277. The Labute approximate surface area is 276 Å². The first-order valence-electron chi connectivity index (χ1n) is 15.5. The van der Waals surface area contributed by atoms with E-state index >= 15 is 0 Å². The molecule has 0 aromatic heterocycles. The van der Waals surface area contributed by atoms with Gasteiger partial charge in [-0.1, -0.05) is 12.1 Å². The standard InChI is InChI=1S/C32H46O16/c1-43-21-9-15(3-5-19(21)45-31-29(41)27(39)25(37)23(13-35)47-31)7-17(11-33)18(12-34)8-16-4-6-20(22(10-16)44-2)46-32-30(42)28(40)26(38)24(14-36)48-32/h3-6,9-10,17-18,23-42H,7-8,11-14H2,1-2H3/t17-,18-,23+,24+,25+,26+,27-,28-,29+,30+,31?,32?/m0/s1. The molecule has 0 radical (unpaired) electrons. The molecule has 10 N–H and O–H groups in total. The molecule has 2 aliphatic rings. The molecule has 270 valence electrons. The highest BCUT2D eigenvalue weighted by atomic mass is 16.7. The zero-order valence-corrected chi connectivity index (χ0v) is 26.6. The molecule has 48 heavy (non-hydrogen) atoms. The summed E-state index contributed by atoms with van der Waals surface area (Å²) in [5.74, 6) is -0.00493. The Hall–Kier alpha value is -2.84. The van der Waals surface area contributed by atoms with Crippen molar-refractivity contribution in [3.63, 3.8) is 0 Å². The average Bonchev–Trinajstić information content (AvgIpc) is 3.10. The van der Waals surface area contributed by atoms with Gasteiger partial charge in [-0.15, -0.1) is 0 Å². The van der Waals surface area contributed by atoms with E-state index in [0.717, 1.165) is 11.1 Å². The van der Waals surface area contributed by atoms with Crippen LogP contribution < -0.4 is 18.9 Å². The number of ether oxygens (including phenoxy) is 6. The molecule has 0 saturated carbocycles. The van der Waals surface area contributed by atoms with Gasteiger partial charge in [0.1, 0.15) is 48.8 Å². The van der Waals surface area contributed by atoms with Gasteiger partial charge in [0.2, 0.25) is 12.6 Å². The second-order valence-electron chi connectivity index (χ2n) is 11.9. The highest BCUT2D eigenvalue weighted by Gasteiger charge is 2.46. The molecule has 0 amide bonds. The zero-order chi connectivity index (χ0) is 35.1. The van der Waals surface area contributed by atoms with E-state index in [2.05, 4.69) is 0 Å². The van der Waals surface area contributed by atoms with Gasteiger partial charge in [0.05, 0.1) is 27.4 Å². The molecule has 2 saturated heterocycles. The van der Waals surface area contributed by atoms with Gasteiger partial charge in [-0.05, 0) is 60.1 Å². The van der Waals surface area contributed by atoms with Crippen LogP contribution in [0.15, 0.2) is 36.4 Å². The van der Waals surface area contributed by atoms with Crippen molar-refractivity contribution in [2.45, 2.75) is 74.3 Å². The van der Waals surface area contributed by atoms with E-state index in [1.807, 2.05) is 0 Å². The molecule has 16 heteroatoms. The molecule has 2 heterocycles.